The number of anilines is 2. The van der Waals surface area contributed by atoms with Gasteiger partial charge in [0.2, 0.25) is 12.5 Å². The Kier molecular flexibility index (Phi) is 10.1. The molecule has 2 saturated heterocycles. The van der Waals surface area contributed by atoms with Crippen molar-refractivity contribution in [1.29, 1.82) is 0 Å². The lowest BCUT2D eigenvalue weighted by molar-refractivity contribution is -0.684. The summed E-state index contributed by atoms with van der Waals surface area (Å²) in [6.45, 7) is 0.211. The Labute approximate surface area is 310 Å². The fraction of sp³-hybridized carbons (Fsp3) is 0.314. The van der Waals surface area contributed by atoms with E-state index in [4.69, 9.17) is 10.6 Å². The molecule has 18 heteroatoms. The van der Waals surface area contributed by atoms with Crippen molar-refractivity contribution < 1.29 is 43.6 Å². The van der Waals surface area contributed by atoms with Crippen molar-refractivity contribution in [3.8, 4) is 5.75 Å². The van der Waals surface area contributed by atoms with Gasteiger partial charge in [-0.1, -0.05) is 5.16 Å². The van der Waals surface area contributed by atoms with E-state index in [1.807, 2.05) is 0 Å². The van der Waals surface area contributed by atoms with Crippen LogP contribution in [-0.2, 0) is 35.4 Å². The number of carboxylic acids is 1. The van der Waals surface area contributed by atoms with Crippen molar-refractivity contribution in [2.24, 2.45) is 5.16 Å². The molecule has 2 aromatic heterocycles. The van der Waals surface area contributed by atoms with Crippen LogP contribution < -0.4 is 31.4 Å². The summed E-state index contributed by atoms with van der Waals surface area (Å²) >= 11 is 2.34. The smallest absolute Gasteiger partial charge is 0.290 e. The largest absolute Gasteiger partial charge is 0.543 e. The van der Waals surface area contributed by atoms with Crippen molar-refractivity contribution in [1.82, 2.24) is 20.5 Å². The van der Waals surface area contributed by atoms with Crippen LogP contribution in [0.2, 0.25) is 0 Å². The number of nitrogens with zero attached hydrogens (tertiary/aromatic N) is 4. The van der Waals surface area contributed by atoms with Gasteiger partial charge in [0.15, 0.2) is 23.2 Å². The van der Waals surface area contributed by atoms with Crippen molar-refractivity contribution in [3.63, 3.8) is 0 Å². The highest BCUT2D eigenvalue weighted by molar-refractivity contribution is 8.00. The molecule has 3 fully saturated rings. The number of β-lactam (4-membered cyclic amide) rings is 1. The number of aliphatic carboxylic acids is 1. The first-order valence-corrected chi connectivity index (χ1v) is 18.8. The maximum Gasteiger partial charge on any atom is 0.290 e. The Bertz CT molecular complexity index is 2090. The van der Waals surface area contributed by atoms with Gasteiger partial charge in [0, 0.05) is 46.1 Å². The van der Waals surface area contributed by atoms with Crippen molar-refractivity contribution in [2.45, 2.75) is 56.2 Å². The zero-order valence-corrected chi connectivity index (χ0v) is 29.7. The summed E-state index contributed by atoms with van der Waals surface area (Å²) in [6, 6.07) is 8.26. The number of phenolic OH excluding ortho intramolecular Hbond substituents is 1. The number of thiazole rings is 1. The number of thioether (sulfide) groups is 1. The molecule has 1 aromatic carbocycles. The number of fused-ring (bicyclic) bond motifs is 1. The summed E-state index contributed by atoms with van der Waals surface area (Å²) in [6.07, 6.45) is 6.99. The number of hydrogen-bond donors (Lipinski definition) is 5. The number of rotatable bonds is 11. The standard InChI is InChI=1S/C35H34N8O8S2/c36-35-39-24(17-53-35)27(41-51-21-5-1-2-6-21)31(47)40-28-32(48)43-29(34(49)50)23(16-52-33(28)43)26(22-11-12-37-30(22)46)18-4-3-13-42(14-18)15-25(45)38-19-7-9-20(44)10-8-19/h3-4,7-10,13-14,17,21,28,33H,1-2,5-6,11-12,15-16H2,(H6-,36,37,38,39,40,41,44,45,46,47,49,50)/t28-,33-/m1/s1. The van der Waals surface area contributed by atoms with E-state index < -0.39 is 34.9 Å². The maximum absolute atomic E-state index is 13.7. The summed E-state index contributed by atoms with van der Waals surface area (Å²) in [4.78, 5) is 77.0. The summed E-state index contributed by atoms with van der Waals surface area (Å²) in [5, 5.41) is 35.7. The lowest BCUT2D eigenvalue weighted by atomic mass is 9.90. The molecular formula is C35H34N8O8S2. The molecule has 0 spiro atoms. The first-order chi connectivity index (χ1) is 25.6. The number of aromatic hydroxyl groups is 1. The Morgan fingerprint density at radius 1 is 1.17 bits per heavy atom. The van der Waals surface area contributed by atoms with Crippen LogP contribution in [0.4, 0.5) is 10.8 Å². The number of carbonyl (C=O) groups excluding carboxylic acids is 5. The predicted octanol–water partition coefficient (Wildman–Crippen LogP) is 0.398. The number of aromatic nitrogens is 2. The second kappa shape index (κ2) is 15.1. The van der Waals surface area contributed by atoms with Gasteiger partial charge in [-0.25, -0.2) is 4.98 Å². The summed E-state index contributed by atoms with van der Waals surface area (Å²) in [5.74, 6) is -3.68. The molecule has 0 unspecified atom stereocenters. The van der Waals surface area contributed by atoms with Gasteiger partial charge in [0.1, 0.15) is 29.0 Å². The number of phenols is 1. The van der Waals surface area contributed by atoms with Gasteiger partial charge in [0.05, 0.1) is 11.7 Å². The molecular weight excluding hydrogens is 725 g/mol. The second-order valence-corrected chi connectivity index (χ2v) is 14.7. The molecule has 1 saturated carbocycles. The summed E-state index contributed by atoms with van der Waals surface area (Å²) < 4.78 is 1.59. The van der Waals surface area contributed by atoms with Gasteiger partial charge in [-0.3, -0.25) is 24.1 Å². The normalized spacial score (nSPS) is 21.1. The Balaban J connectivity index is 1.16. The van der Waals surface area contributed by atoms with Crippen molar-refractivity contribution >= 4 is 74.8 Å². The van der Waals surface area contributed by atoms with Gasteiger partial charge < -0.3 is 41.5 Å². The predicted molar refractivity (Wildman–Crippen MR) is 191 cm³/mol. The van der Waals surface area contributed by atoms with Crippen LogP contribution in [0.1, 0.15) is 43.4 Å². The van der Waals surface area contributed by atoms with Crippen LogP contribution in [0.25, 0.3) is 5.57 Å². The zero-order valence-electron chi connectivity index (χ0n) is 28.1. The molecule has 6 N–H and O–H groups in total. The fourth-order valence-electron chi connectivity index (χ4n) is 6.70. The molecule has 5 heterocycles. The van der Waals surface area contributed by atoms with Gasteiger partial charge >= 0.3 is 0 Å². The quantitative estimate of drug-likeness (QED) is 0.0449. The average Bonchev–Trinajstić information content (AvgIpc) is 3.92. The Hall–Kier alpha value is -5.75. The van der Waals surface area contributed by atoms with E-state index in [1.54, 1.807) is 46.6 Å². The molecule has 4 aliphatic rings. The lowest BCUT2D eigenvalue weighted by Crippen LogP contribution is -2.71. The molecule has 16 nitrogen and oxygen atoms in total. The first-order valence-electron chi connectivity index (χ1n) is 16.8. The molecule has 4 amide bonds. The molecule has 274 valence electrons. The number of hydrogen-bond acceptors (Lipinski definition) is 13. The van der Waals surface area contributed by atoms with E-state index in [9.17, 15) is 34.2 Å². The minimum atomic E-state index is -1.62. The molecule has 0 bridgehead atoms. The monoisotopic (exact) mass is 758 g/mol. The zero-order chi connectivity index (χ0) is 37.2. The number of carbonyl (C=O) groups is 5. The topological polar surface area (TPSA) is 232 Å². The number of amides is 4. The number of nitrogens with one attached hydrogen (secondary N) is 3. The molecule has 3 aromatic rings. The summed E-state index contributed by atoms with van der Waals surface area (Å²) in [5.41, 5.74) is 7.22. The average molecular weight is 759 g/mol. The molecule has 3 aliphatic heterocycles. The third-order valence-electron chi connectivity index (χ3n) is 9.19. The number of oxime groups is 1. The SMILES string of the molecule is Nc1nc(C(=NOC2CCCC2)C(=O)N[C@@H]2C(=O)N3C(C(=O)[O-])=C(C(=C4CCNC4=O)c4ccc[n+](CC(=O)Nc5ccc(O)cc5)c4)CS[C@H]23)cs1. The minimum absolute atomic E-state index is 0.0559. The number of nitrogens with two attached hydrogens (primary N) is 1. The maximum atomic E-state index is 13.7. The van der Waals surface area contributed by atoms with Crippen LogP contribution in [0.3, 0.4) is 0 Å². The first kappa shape index (κ1) is 35.6. The van der Waals surface area contributed by atoms with Crippen LogP contribution in [-0.4, -0.2) is 80.1 Å². The number of benzene rings is 1. The number of carboxylic acid groups (broad SMARTS) is 1. The van der Waals surface area contributed by atoms with E-state index in [-0.39, 0.29) is 58.1 Å². The van der Waals surface area contributed by atoms with Gasteiger partial charge in [-0.15, -0.1) is 23.1 Å². The highest BCUT2D eigenvalue weighted by Gasteiger charge is 2.54. The molecule has 1 aliphatic carbocycles. The van der Waals surface area contributed by atoms with Crippen molar-refractivity contribution in [2.75, 3.05) is 23.3 Å². The molecule has 7 rings (SSSR count). The minimum Gasteiger partial charge on any atom is -0.543 e. The van der Waals surface area contributed by atoms with E-state index in [2.05, 4.69) is 26.1 Å². The number of pyridine rings is 1. The Morgan fingerprint density at radius 2 is 1.94 bits per heavy atom. The summed E-state index contributed by atoms with van der Waals surface area (Å²) in [7, 11) is 0. The number of nitrogen functional groups attached to an aromatic ring is 1. The van der Waals surface area contributed by atoms with Crippen LogP contribution in [0.15, 0.2) is 76.2 Å². The van der Waals surface area contributed by atoms with Crippen LogP contribution >= 0.6 is 23.1 Å². The van der Waals surface area contributed by atoms with Crippen LogP contribution in [0, 0.1) is 0 Å². The molecule has 0 radical (unpaired) electrons. The third-order valence-corrected chi connectivity index (χ3v) is 11.1. The molecule has 53 heavy (non-hydrogen) atoms. The lowest BCUT2D eigenvalue weighted by Gasteiger charge is -2.51. The highest BCUT2D eigenvalue weighted by atomic mass is 32.2. The van der Waals surface area contributed by atoms with Gasteiger partial charge in [-0.2, -0.15) is 4.57 Å². The highest BCUT2D eigenvalue weighted by Crippen LogP contribution is 2.45. The van der Waals surface area contributed by atoms with E-state index in [0.717, 1.165) is 41.9 Å². The van der Waals surface area contributed by atoms with Gasteiger partial charge in [-0.05, 0) is 68.0 Å². The Morgan fingerprint density at radius 3 is 2.62 bits per heavy atom. The number of allylic oxidation sites excluding steroid dienone is 1. The third kappa shape index (κ3) is 7.45. The van der Waals surface area contributed by atoms with Gasteiger partial charge in [0.25, 0.3) is 17.7 Å². The van der Waals surface area contributed by atoms with E-state index in [1.165, 1.54) is 23.9 Å². The fourth-order valence-corrected chi connectivity index (χ4v) is 8.60. The van der Waals surface area contributed by atoms with E-state index in [0.29, 0.717) is 35.4 Å². The second-order valence-electron chi connectivity index (χ2n) is 12.7. The van der Waals surface area contributed by atoms with Crippen LogP contribution in [0.5, 0.6) is 5.75 Å². The molecule has 2 atom stereocenters. The van der Waals surface area contributed by atoms with E-state index >= 15 is 0 Å². The van der Waals surface area contributed by atoms with Crippen molar-refractivity contribution in [3.05, 3.63) is 82.3 Å².